The summed E-state index contributed by atoms with van der Waals surface area (Å²) in [6, 6.07) is 5.82. The van der Waals surface area contributed by atoms with E-state index in [1.165, 1.54) is 0 Å². The van der Waals surface area contributed by atoms with Crippen LogP contribution in [0.1, 0.15) is 25.5 Å². The van der Waals surface area contributed by atoms with Crippen molar-refractivity contribution in [3.63, 3.8) is 0 Å². The highest BCUT2D eigenvalue weighted by Crippen LogP contribution is 2.29. The van der Waals surface area contributed by atoms with Crippen LogP contribution in [-0.2, 0) is 0 Å². The fraction of sp³-hybridized carbons (Fsp3) is 0.600. The van der Waals surface area contributed by atoms with Gasteiger partial charge in [0.25, 0.3) is 0 Å². The number of nitrogens with one attached hydrogen (secondary N) is 1. The molecule has 1 rings (SSSR count). The van der Waals surface area contributed by atoms with Gasteiger partial charge in [0, 0.05) is 23.9 Å². The lowest BCUT2D eigenvalue weighted by atomic mass is 10.1. The van der Waals surface area contributed by atoms with Crippen molar-refractivity contribution < 1.29 is 14.6 Å². The van der Waals surface area contributed by atoms with Crippen LogP contribution in [0.25, 0.3) is 0 Å². The molecule has 20 heavy (non-hydrogen) atoms. The molecule has 0 aliphatic rings. The van der Waals surface area contributed by atoms with Crippen LogP contribution in [0, 0.1) is 0 Å². The van der Waals surface area contributed by atoms with Gasteiger partial charge in [0.15, 0.2) is 0 Å². The highest BCUT2D eigenvalue weighted by atomic mass is 32.2. The Bertz CT molecular complexity index is 401. The summed E-state index contributed by atoms with van der Waals surface area (Å²) in [5.41, 5.74) is 0.745. The zero-order chi connectivity index (χ0) is 15.0. The first-order chi connectivity index (χ1) is 9.62. The quantitative estimate of drug-likeness (QED) is 0.733. The van der Waals surface area contributed by atoms with Crippen molar-refractivity contribution >= 4 is 11.8 Å². The Hall–Kier alpha value is -0.910. The molecular formula is C15H25NO3S. The number of hydrogen-bond acceptors (Lipinski definition) is 5. The van der Waals surface area contributed by atoms with E-state index in [4.69, 9.17) is 9.47 Å². The fourth-order valence-corrected chi connectivity index (χ4v) is 2.58. The summed E-state index contributed by atoms with van der Waals surface area (Å²) in [5.74, 6) is 3.54. The van der Waals surface area contributed by atoms with Crippen LogP contribution >= 0.6 is 11.8 Å². The van der Waals surface area contributed by atoms with Crippen molar-refractivity contribution in [3.8, 4) is 11.5 Å². The smallest absolute Gasteiger partial charge is 0.124 e. The number of thioether (sulfide) groups is 1. The lowest BCUT2D eigenvalue weighted by Gasteiger charge is -2.19. The summed E-state index contributed by atoms with van der Waals surface area (Å²) in [5, 5.41) is 13.7. The maximum Gasteiger partial charge on any atom is 0.124 e. The van der Waals surface area contributed by atoms with Crippen molar-refractivity contribution in [2.45, 2.75) is 26.0 Å². The summed E-state index contributed by atoms with van der Waals surface area (Å²) in [4.78, 5) is 0. The molecule has 0 amide bonds. The molecule has 2 unspecified atom stereocenters. The first-order valence-corrected chi connectivity index (χ1v) is 7.98. The third kappa shape index (κ3) is 5.23. The molecule has 2 N–H and O–H groups in total. The summed E-state index contributed by atoms with van der Waals surface area (Å²) in [7, 11) is 3.21. The van der Waals surface area contributed by atoms with Gasteiger partial charge in [0.2, 0.25) is 0 Å². The van der Waals surface area contributed by atoms with Gasteiger partial charge in [0.1, 0.15) is 11.5 Å². The number of methoxy groups -OCH3 is 2. The van der Waals surface area contributed by atoms with E-state index in [9.17, 15) is 5.11 Å². The van der Waals surface area contributed by atoms with E-state index in [1.54, 1.807) is 14.2 Å². The molecule has 0 saturated carbocycles. The molecule has 0 fully saturated rings. The number of benzene rings is 1. The molecule has 1 aromatic rings. The molecule has 0 bridgehead atoms. The van der Waals surface area contributed by atoms with Crippen molar-refractivity contribution in [1.29, 1.82) is 0 Å². The lowest BCUT2D eigenvalue weighted by molar-refractivity contribution is 0.167. The predicted octanol–water partition coefficient (Wildman–Crippen LogP) is 2.47. The Balaban J connectivity index is 2.63. The normalized spacial score (nSPS) is 13.8. The molecule has 0 aliphatic heterocycles. The minimum Gasteiger partial charge on any atom is -0.497 e. The Morgan fingerprint density at radius 1 is 1.30 bits per heavy atom. The molecule has 0 aliphatic carbocycles. The number of hydrogen-bond donors (Lipinski definition) is 2. The zero-order valence-corrected chi connectivity index (χ0v) is 13.5. The molecule has 114 valence electrons. The van der Waals surface area contributed by atoms with Crippen LogP contribution in [0.2, 0.25) is 0 Å². The van der Waals surface area contributed by atoms with Gasteiger partial charge >= 0.3 is 0 Å². The number of aliphatic hydroxyl groups excluding tert-OH is 1. The molecule has 0 radical (unpaired) electrons. The first kappa shape index (κ1) is 17.1. The van der Waals surface area contributed by atoms with Crippen LogP contribution in [0.3, 0.4) is 0 Å². The molecule has 4 nitrogen and oxygen atoms in total. The van der Waals surface area contributed by atoms with Gasteiger partial charge in [-0.1, -0.05) is 6.92 Å². The second kappa shape index (κ2) is 9.10. The summed E-state index contributed by atoms with van der Waals surface area (Å²) >= 11 is 1.89. The van der Waals surface area contributed by atoms with Crippen molar-refractivity contribution in [2.75, 3.05) is 32.3 Å². The third-order valence-electron chi connectivity index (χ3n) is 3.03. The van der Waals surface area contributed by atoms with E-state index in [1.807, 2.05) is 30.0 Å². The van der Waals surface area contributed by atoms with Crippen LogP contribution in [0.15, 0.2) is 18.2 Å². The molecule has 0 spiro atoms. The number of aliphatic hydroxyl groups is 1. The Morgan fingerprint density at radius 3 is 2.65 bits per heavy atom. The van der Waals surface area contributed by atoms with Gasteiger partial charge in [-0.15, -0.1) is 0 Å². The van der Waals surface area contributed by atoms with Crippen LogP contribution in [0.4, 0.5) is 0 Å². The maximum atomic E-state index is 10.3. The second-order valence-electron chi connectivity index (χ2n) is 4.59. The molecule has 0 saturated heterocycles. The van der Waals surface area contributed by atoms with E-state index in [-0.39, 0.29) is 0 Å². The maximum absolute atomic E-state index is 10.3. The lowest BCUT2D eigenvalue weighted by Crippen LogP contribution is -2.32. The predicted molar refractivity (Wildman–Crippen MR) is 85.0 cm³/mol. The summed E-state index contributed by atoms with van der Waals surface area (Å²) < 4.78 is 10.5. The topological polar surface area (TPSA) is 50.7 Å². The Kier molecular flexibility index (Phi) is 7.80. The van der Waals surface area contributed by atoms with Gasteiger partial charge in [-0.2, -0.15) is 11.8 Å². The van der Waals surface area contributed by atoms with Gasteiger partial charge in [0.05, 0.1) is 20.3 Å². The minimum absolute atomic E-state index is 0.367. The van der Waals surface area contributed by atoms with Crippen molar-refractivity contribution in [1.82, 2.24) is 5.32 Å². The highest BCUT2D eigenvalue weighted by molar-refractivity contribution is 7.99. The van der Waals surface area contributed by atoms with Gasteiger partial charge in [-0.3, -0.25) is 0 Å². The largest absolute Gasteiger partial charge is 0.497 e. The first-order valence-electron chi connectivity index (χ1n) is 6.83. The number of rotatable bonds is 9. The van der Waals surface area contributed by atoms with Gasteiger partial charge in [-0.05, 0) is 30.9 Å². The average molecular weight is 299 g/mol. The molecular weight excluding hydrogens is 274 g/mol. The standard InChI is InChI=1S/C15H25NO3S/c1-5-20-10-11(2)16-9-14(17)13-8-12(18-3)6-7-15(13)19-4/h6-8,11,14,16-17H,5,9-10H2,1-4H3. The van der Waals surface area contributed by atoms with Gasteiger partial charge < -0.3 is 19.9 Å². The van der Waals surface area contributed by atoms with E-state index in [2.05, 4.69) is 19.2 Å². The minimum atomic E-state index is -0.617. The van der Waals surface area contributed by atoms with E-state index in [0.717, 1.165) is 22.8 Å². The Labute approximate surface area is 125 Å². The third-order valence-corrected chi connectivity index (χ3v) is 4.17. The van der Waals surface area contributed by atoms with E-state index in [0.29, 0.717) is 18.3 Å². The zero-order valence-electron chi connectivity index (χ0n) is 12.7. The number of ether oxygens (including phenoxy) is 2. The van der Waals surface area contributed by atoms with E-state index < -0.39 is 6.10 Å². The molecule has 1 aromatic carbocycles. The monoisotopic (exact) mass is 299 g/mol. The van der Waals surface area contributed by atoms with E-state index >= 15 is 0 Å². The Morgan fingerprint density at radius 2 is 2.05 bits per heavy atom. The van der Waals surface area contributed by atoms with Crippen LogP contribution in [0.5, 0.6) is 11.5 Å². The summed E-state index contributed by atoms with van der Waals surface area (Å²) in [6.07, 6.45) is -0.617. The van der Waals surface area contributed by atoms with Gasteiger partial charge in [-0.25, -0.2) is 0 Å². The highest BCUT2D eigenvalue weighted by Gasteiger charge is 2.15. The van der Waals surface area contributed by atoms with Crippen molar-refractivity contribution in [2.24, 2.45) is 0 Å². The fourth-order valence-electron chi connectivity index (χ4n) is 1.88. The molecule has 0 heterocycles. The van der Waals surface area contributed by atoms with Crippen LogP contribution < -0.4 is 14.8 Å². The second-order valence-corrected chi connectivity index (χ2v) is 5.91. The molecule has 5 heteroatoms. The van der Waals surface area contributed by atoms with Crippen LogP contribution in [-0.4, -0.2) is 43.4 Å². The van der Waals surface area contributed by atoms with Crippen molar-refractivity contribution in [3.05, 3.63) is 23.8 Å². The molecule has 2 atom stereocenters. The summed E-state index contributed by atoms with van der Waals surface area (Å²) in [6.45, 7) is 4.76. The average Bonchev–Trinajstić information content (AvgIpc) is 2.49. The SMILES string of the molecule is CCSCC(C)NCC(O)c1cc(OC)ccc1OC. The molecule has 0 aromatic heterocycles.